The molecule has 5 heteroatoms. The van der Waals surface area contributed by atoms with E-state index >= 15 is 0 Å². The molecule has 0 radical (unpaired) electrons. The standard InChI is InChI=1S/C23H24N4O/c1-4-13-28-22-15-19(27(5-2)6-3)12-11-17(22)14-18(16-24)23-25-20-9-7-8-10-21(20)26-23/h4,7-12,14-15H,1,5-6,13H2,2-3H3,(H,25,26). The van der Waals surface area contributed by atoms with E-state index in [1.807, 2.05) is 48.5 Å². The molecule has 1 aromatic heterocycles. The van der Waals surface area contributed by atoms with E-state index in [1.165, 1.54) is 0 Å². The van der Waals surface area contributed by atoms with E-state index in [0.717, 1.165) is 35.4 Å². The molecular formula is C23H24N4O. The van der Waals surface area contributed by atoms with E-state index in [4.69, 9.17) is 4.74 Å². The van der Waals surface area contributed by atoms with Gasteiger partial charge in [-0.15, -0.1) is 0 Å². The van der Waals surface area contributed by atoms with Crippen molar-refractivity contribution in [3.05, 3.63) is 66.5 Å². The van der Waals surface area contributed by atoms with Crippen molar-refractivity contribution < 1.29 is 4.74 Å². The lowest BCUT2D eigenvalue weighted by Gasteiger charge is -2.22. The summed E-state index contributed by atoms with van der Waals surface area (Å²) >= 11 is 0. The first-order valence-corrected chi connectivity index (χ1v) is 9.39. The zero-order valence-electron chi connectivity index (χ0n) is 16.3. The first kappa shape index (κ1) is 19.2. The van der Waals surface area contributed by atoms with Crippen LogP contribution in [0.4, 0.5) is 5.69 Å². The molecular weight excluding hydrogens is 348 g/mol. The van der Waals surface area contributed by atoms with Gasteiger partial charge in [0.25, 0.3) is 0 Å². The second kappa shape index (κ2) is 8.92. The number of nitrogens with zero attached hydrogens (tertiary/aromatic N) is 3. The molecule has 0 fully saturated rings. The molecule has 1 heterocycles. The Hall–Kier alpha value is -3.52. The number of anilines is 1. The lowest BCUT2D eigenvalue weighted by Crippen LogP contribution is -2.21. The molecule has 0 saturated carbocycles. The number of nitrogens with one attached hydrogen (secondary N) is 1. The average Bonchev–Trinajstić information content (AvgIpc) is 3.16. The van der Waals surface area contributed by atoms with Crippen LogP contribution < -0.4 is 9.64 Å². The number of allylic oxidation sites excluding steroid dienone is 1. The third-order valence-electron chi connectivity index (χ3n) is 4.55. The third-order valence-corrected chi connectivity index (χ3v) is 4.55. The zero-order chi connectivity index (χ0) is 19.9. The summed E-state index contributed by atoms with van der Waals surface area (Å²) in [5, 5.41) is 9.71. The second-order valence-electron chi connectivity index (χ2n) is 6.27. The summed E-state index contributed by atoms with van der Waals surface area (Å²) in [4.78, 5) is 9.99. The predicted octanol–water partition coefficient (Wildman–Crippen LogP) is 5.04. The van der Waals surface area contributed by atoms with Gasteiger partial charge in [-0.2, -0.15) is 5.26 Å². The molecule has 0 aliphatic heterocycles. The van der Waals surface area contributed by atoms with Crippen LogP contribution in [0.25, 0.3) is 22.7 Å². The summed E-state index contributed by atoms with van der Waals surface area (Å²) in [5.74, 6) is 1.26. The van der Waals surface area contributed by atoms with E-state index in [2.05, 4.69) is 41.4 Å². The summed E-state index contributed by atoms with van der Waals surface area (Å²) < 4.78 is 5.88. The fourth-order valence-corrected chi connectivity index (χ4v) is 3.09. The smallest absolute Gasteiger partial charge is 0.149 e. The summed E-state index contributed by atoms with van der Waals surface area (Å²) in [6.45, 7) is 10.2. The first-order chi connectivity index (χ1) is 13.7. The largest absolute Gasteiger partial charge is 0.489 e. The number of ether oxygens (including phenoxy) is 1. The molecule has 0 spiro atoms. The average molecular weight is 372 g/mol. The van der Waals surface area contributed by atoms with Crippen LogP contribution in [0.3, 0.4) is 0 Å². The van der Waals surface area contributed by atoms with Crippen LogP contribution in [0.15, 0.2) is 55.1 Å². The van der Waals surface area contributed by atoms with Crippen molar-refractivity contribution >= 4 is 28.4 Å². The normalized spacial score (nSPS) is 11.2. The van der Waals surface area contributed by atoms with Crippen molar-refractivity contribution in [2.24, 2.45) is 0 Å². The Morgan fingerprint density at radius 3 is 2.71 bits per heavy atom. The Morgan fingerprint density at radius 2 is 2.04 bits per heavy atom. The van der Waals surface area contributed by atoms with Crippen LogP contribution in [-0.4, -0.2) is 29.7 Å². The molecule has 3 rings (SSSR count). The summed E-state index contributed by atoms with van der Waals surface area (Å²) in [7, 11) is 0. The van der Waals surface area contributed by atoms with E-state index < -0.39 is 0 Å². The lowest BCUT2D eigenvalue weighted by atomic mass is 10.1. The van der Waals surface area contributed by atoms with Gasteiger partial charge in [0.2, 0.25) is 0 Å². The highest BCUT2D eigenvalue weighted by molar-refractivity contribution is 5.91. The van der Waals surface area contributed by atoms with Gasteiger partial charge in [0.1, 0.15) is 24.3 Å². The van der Waals surface area contributed by atoms with Crippen molar-refractivity contribution in [1.29, 1.82) is 5.26 Å². The monoisotopic (exact) mass is 372 g/mol. The van der Waals surface area contributed by atoms with E-state index in [1.54, 1.807) is 6.08 Å². The maximum atomic E-state index is 9.71. The van der Waals surface area contributed by atoms with Crippen molar-refractivity contribution in [2.75, 3.05) is 24.6 Å². The lowest BCUT2D eigenvalue weighted by molar-refractivity contribution is 0.362. The van der Waals surface area contributed by atoms with Crippen LogP contribution in [-0.2, 0) is 0 Å². The van der Waals surface area contributed by atoms with Crippen molar-refractivity contribution in [3.8, 4) is 11.8 Å². The number of hydrogen-bond donors (Lipinski definition) is 1. The highest BCUT2D eigenvalue weighted by Crippen LogP contribution is 2.29. The summed E-state index contributed by atoms with van der Waals surface area (Å²) in [6, 6.07) is 16.0. The first-order valence-electron chi connectivity index (χ1n) is 9.39. The molecule has 1 N–H and O–H groups in total. The number of aromatic amines is 1. The van der Waals surface area contributed by atoms with Crippen LogP contribution in [0.1, 0.15) is 25.2 Å². The second-order valence-corrected chi connectivity index (χ2v) is 6.27. The quantitative estimate of drug-likeness (QED) is 0.444. The van der Waals surface area contributed by atoms with E-state index in [-0.39, 0.29) is 0 Å². The molecule has 2 aromatic carbocycles. The van der Waals surface area contributed by atoms with Gasteiger partial charge < -0.3 is 14.6 Å². The Bertz CT molecular complexity index is 1010. The number of aromatic nitrogens is 2. The molecule has 0 atom stereocenters. The molecule has 5 nitrogen and oxygen atoms in total. The number of fused-ring (bicyclic) bond motifs is 1. The fraction of sp³-hybridized carbons (Fsp3) is 0.217. The summed E-state index contributed by atoms with van der Waals surface area (Å²) in [5.41, 5.74) is 4.10. The number of para-hydroxylation sites is 2. The Balaban J connectivity index is 2.04. The van der Waals surface area contributed by atoms with Crippen molar-refractivity contribution in [1.82, 2.24) is 9.97 Å². The number of H-pyrrole nitrogens is 1. The van der Waals surface area contributed by atoms with Gasteiger partial charge in [0.05, 0.1) is 16.6 Å². The fourth-order valence-electron chi connectivity index (χ4n) is 3.09. The van der Waals surface area contributed by atoms with Crippen LogP contribution in [0.5, 0.6) is 5.75 Å². The highest BCUT2D eigenvalue weighted by atomic mass is 16.5. The molecule has 3 aromatic rings. The molecule has 0 saturated heterocycles. The van der Waals surface area contributed by atoms with Gasteiger partial charge in [0.15, 0.2) is 0 Å². The maximum absolute atomic E-state index is 9.71. The van der Waals surface area contributed by atoms with E-state index in [9.17, 15) is 5.26 Å². The Morgan fingerprint density at radius 1 is 1.25 bits per heavy atom. The van der Waals surface area contributed by atoms with Gasteiger partial charge in [0, 0.05) is 30.4 Å². The van der Waals surface area contributed by atoms with Crippen molar-refractivity contribution in [3.63, 3.8) is 0 Å². The van der Waals surface area contributed by atoms with Gasteiger partial charge in [-0.05, 0) is 44.2 Å². The minimum Gasteiger partial charge on any atom is -0.489 e. The molecule has 28 heavy (non-hydrogen) atoms. The zero-order valence-corrected chi connectivity index (χ0v) is 16.3. The van der Waals surface area contributed by atoms with Gasteiger partial charge in [-0.3, -0.25) is 0 Å². The number of hydrogen-bond acceptors (Lipinski definition) is 4. The van der Waals surface area contributed by atoms with Gasteiger partial charge in [-0.1, -0.05) is 24.8 Å². The molecule has 0 bridgehead atoms. The Kier molecular flexibility index (Phi) is 6.13. The number of benzene rings is 2. The molecule has 0 unspecified atom stereocenters. The van der Waals surface area contributed by atoms with Crippen molar-refractivity contribution in [2.45, 2.75) is 13.8 Å². The molecule has 0 aliphatic carbocycles. The van der Waals surface area contributed by atoms with Crippen LogP contribution in [0, 0.1) is 11.3 Å². The third kappa shape index (κ3) is 4.07. The minimum absolute atomic E-state index is 0.398. The molecule has 142 valence electrons. The number of nitriles is 1. The van der Waals surface area contributed by atoms with Gasteiger partial charge >= 0.3 is 0 Å². The molecule has 0 amide bonds. The molecule has 0 aliphatic rings. The minimum atomic E-state index is 0.398. The van der Waals surface area contributed by atoms with Gasteiger partial charge in [-0.25, -0.2) is 4.98 Å². The van der Waals surface area contributed by atoms with E-state index in [0.29, 0.717) is 23.8 Å². The van der Waals surface area contributed by atoms with Crippen LogP contribution in [0.2, 0.25) is 0 Å². The predicted molar refractivity (Wildman–Crippen MR) is 115 cm³/mol. The Labute approximate surface area is 165 Å². The topological polar surface area (TPSA) is 64.9 Å². The van der Waals surface area contributed by atoms with Crippen LogP contribution >= 0.6 is 0 Å². The highest BCUT2D eigenvalue weighted by Gasteiger charge is 2.12. The summed E-state index contributed by atoms with van der Waals surface area (Å²) in [6.07, 6.45) is 3.52. The number of imidazole rings is 1. The SMILES string of the molecule is C=CCOc1cc(N(CC)CC)ccc1C=C(C#N)c1nc2ccccc2[nH]1. The number of rotatable bonds is 8. The maximum Gasteiger partial charge on any atom is 0.149 e.